The van der Waals surface area contributed by atoms with Gasteiger partial charge in [-0.15, -0.1) is 0 Å². The fraction of sp³-hybridized carbons (Fsp3) is 0.286. The maximum atomic E-state index is 12.2. The summed E-state index contributed by atoms with van der Waals surface area (Å²) >= 11 is 11.9. The number of halogens is 2. The van der Waals surface area contributed by atoms with Gasteiger partial charge in [0.1, 0.15) is 5.75 Å². The van der Waals surface area contributed by atoms with Crippen molar-refractivity contribution in [1.82, 2.24) is 4.90 Å². The third-order valence-corrected chi connectivity index (χ3v) is 4.63. The first-order chi connectivity index (χ1) is 14.2. The lowest BCUT2D eigenvalue weighted by Gasteiger charge is -2.19. The van der Waals surface area contributed by atoms with Crippen LogP contribution in [0, 0.1) is 6.92 Å². The molecule has 0 radical (unpaired) electrons. The van der Waals surface area contributed by atoms with E-state index in [1.165, 1.54) is 14.0 Å². The average Bonchev–Trinajstić information content (AvgIpc) is 2.69. The van der Waals surface area contributed by atoms with E-state index in [2.05, 4.69) is 5.32 Å². The number of benzene rings is 2. The second kappa shape index (κ2) is 10.8. The highest BCUT2D eigenvalue weighted by atomic mass is 35.5. The molecule has 2 amide bonds. The summed E-state index contributed by atoms with van der Waals surface area (Å²) in [5, 5.41) is 3.56. The van der Waals surface area contributed by atoms with Gasteiger partial charge in [-0.25, -0.2) is 4.79 Å². The molecule has 0 heterocycles. The Morgan fingerprint density at radius 2 is 1.83 bits per heavy atom. The topological polar surface area (TPSA) is 84.9 Å². The standard InChI is InChI=1S/C21H22Cl2N2O5/c1-13-10-15(22)8-9-18(13)30-14(2)21(28)29-12-20(27)25(3)11-19(26)24-17-7-5-4-6-16(17)23/h4-10,14H,11-12H2,1-3H3,(H,24,26). The molecule has 2 aromatic carbocycles. The van der Waals surface area contributed by atoms with Crippen LogP contribution in [0.3, 0.4) is 0 Å². The predicted octanol–water partition coefficient (Wildman–Crippen LogP) is 3.71. The smallest absolute Gasteiger partial charge is 0.347 e. The zero-order chi connectivity index (χ0) is 22.3. The van der Waals surface area contributed by atoms with Crippen molar-refractivity contribution in [3.05, 3.63) is 58.1 Å². The van der Waals surface area contributed by atoms with Crippen LogP contribution in [-0.4, -0.2) is 49.0 Å². The summed E-state index contributed by atoms with van der Waals surface area (Å²) in [4.78, 5) is 37.5. The molecule has 0 spiro atoms. The van der Waals surface area contributed by atoms with Gasteiger partial charge >= 0.3 is 5.97 Å². The van der Waals surface area contributed by atoms with Crippen LogP contribution in [-0.2, 0) is 19.1 Å². The Kier molecular flexibility index (Phi) is 8.50. The summed E-state index contributed by atoms with van der Waals surface area (Å²) in [6.07, 6.45) is -0.925. The van der Waals surface area contributed by atoms with Gasteiger partial charge in [-0.05, 0) is 49.7 Å². The van der Waals surface area contributed by atoms with Crippen molar-refractivity contribution in [1.29, 1.82) is 0 Å². The molecule has 0 aromatic heterocycles. The highest BCUT2D eigenvalue weighted by Gasteiger charge is 2.21. The van der Waals surface area contributed by atoms with Crippen LogP contribution in [0.2, 0.25) is 10.0 Å². The molecule has 7 nitrogen and oxygen atoms in total. The van der Waals surface area contributed by atoms with E-state index in [-0.39, 0.29) is 6.54 Å². The summed E-state index contributed by atoms with van der Waals surface area (Å²) in [7, 11) is 1.43. The molecule has 0 bridgehead atoms. The number of likely N-dealkylation sites (N-methyl/N-ethyl adjacent to an activating group) is 1. The summed E-state index contributed by atoms with van der Waals surface area (Å²) in [5.74, 6) is -1.18. The van der Waals surface area contributed by atoms with Crippen LogP contribution in [0.4, 0.5) is 5.69 Å². The van der Waals surface area contributed by atoms with E-state index < -0.39 is 30.5 Å². The number of carbonyl (C=O) groups is 3. The van der Waals surface area contributed by atoms with Gasteiger partial charge < -0.3 is 19.7 Å². The quantitative estimate of drug-likeness (QED) is 0.616. The van der Waals surface area contributed by atoms with Gasteiger partial charge in [-0.3, -0.25) is 9.59 Å². The lowest BCUT2D eigenvalue weighted by atomic mass is 10.2. The van der Waals surface area contributed by atoms with E-state index in [0.29, 0.717) is 21.5 Å². The molecule has 0 aliphatic heterocycles. The number of carbonyl (C=O) groups excluding carboxylic acids is 3. The largest absolute Gasteiger partial charge is 0.479 e. The molecule has 1 atom stereocenters. The summed E-state index contributed by atoms with van der Waals surface area (Å²) in [6.45, 7) is 2.58. The van der Waals surface area contributed by atoms with E-state index in [1.54, 1.807) is 49.4 Å². The maximum Gasteiger partial charge on any atom is 0.347 e. The first-order valence-electron chi connectivity index (χ1n) is 9.05. The minimum Gasteiger partial charge on any atom is -0.479 e. The molecule has 0 saturated heterocycles. The van der Waals surface area contributed by atoms with Gasteiger partial charge in [0.25, 0.3) is 5.91 Å². The first kappa shape index (κ1) is 23.5. The van der Waals surface area contributed by atoms with Gasteiger partial charge in [0.15, 0.2) is 12.7 Å². The van der Waals surface area contributed by atoms with Crippen LogP contribution in [0.15, 0.2) is 42.5 Å². The lowest BCUT2D eigenvalue weighted by Crippen LogP contribution is -2.38. The molecule has 0 aliphatic carbocycles. The van der Waals surface area contributed by atoms with Gasteiger partial charge in [0.05, 0.1) is 17.3 Å². The molecule has 0 aliphatic rings. The van der Waals surface area contributed by atoms with Gasteiger partial charge in [0.2, 0.25) is 5.91 Å². The zero-order valence-electron chi connectivity index (χ0n) is 16.8. The number of anilines is 1. The van der Waals surface area contributed by atoms with Crippen molar-refractivity contribution in [2.75, 3.05) is 25.5 Å². The van der Waals surface area contributed by atoms with Crippen LogP contribution < -0.4 is 10.1 Å². The molecule has 1 N–H and O–H groups in total. The second-order valence-electron chi connectivity index (χ2n) is 6.56. The van der Waals surface area contributed by atoms with E-state index in [0.717, 1.165) is 10.5 Å². The highest BCUT2D eigenvalue weighted by molar-refractivity contribution is 6.33. The molecule has 2 rings (SSSR count). The van der Waals surface area contributed by atoms with Crippen molar-refractivity contribution in [3.8, 4) is 5.75 Å². The van der Waals surface area contributed by atoms with Crippen LogP contribution in [0.5, 0.6) is 5.75 Å². The fourth-order valence-corrected chi connectivity index (χ4v) is 2.81. The Hall–Kier alpha value is -2.77. The van der Waals surface area contributed by atoms with Crippen molar-refractivity contribution in [2.24, 2.45) is 0 Å². The zero-order valence-corrected chi connectivity index (χ0v) is 18.3. The molecule has 2 aromatic rings. The monoisotopic (exact) mass is 452 g/mol. The van der Waals surface area contributed by atoms with E-state index in [9.17, 15) is 14.4 Å². The summed E-state index contributed by atoms with van der Waals surface area (Å²) in [5.41, 5.74) is 1.21. The first-order valence-corrected chi connectivity index (χ1v) is 9.80. The van der Waals surface area contributed by atoms with Crippen LogP contribution in [0.1, 0.15) is 12.5 Å². The minimum absolute atomic E-state index is 0.225. The number of hydrogen-bond donors (Lipinski definition) is 1. The van der Waals surface area contributed by atoms with E-state index in [1.807, 2.05) is 0 Å². The number of rotatable bonds is 8. The predicted molar refractivity (Wildman–Crippen MR) is 115 cm³/mol. The fourth-order valence-electron chi connectivity index (χ4n) is 2.40. The Morgan fingerprint density at radius 1 is 1.13 bits per heavy atom. The molecule has 30 heavy (non-hydrogen) atoms. The summed E-state index contributed by atoms with van der Waals surface area (Å²) in [6, 6.07) is 11.8. The number of aryl methyl sites for hydroxylation is 1. The third kappa shape index (κ3) is 6.93. The van der Waals surface area contributed by atoms with Crippen molar-refractivity contribution in [2.45, 2.75) is 20.0 Å². The van der Waals surface area contributed by atoms with Gasteiger partial charge in [-0.2, -0.15) is 0 Å². The maximum absolute atomic E-state index is 12.2. The molecule has 1 unspecified atom stereocenters. The van der Waals surface area contributed by atoms with Crippen molar-refractivity contribution < 1.29 is 23.9 Å². The van der Waals surface area contributed by atoms with Gasteiger partial charge in [-0.1, -0.05) is 35.3 Å². The number of amides is 2. The second-order valence-corrected chi connectivity index (χ2v) is 7.40. The Balaban J connectivity index is 1.79. The van der Waals surface area contributed by atoms with Crippen LogP contribution in [0.25, 0.3) is 0 Å². The number of esters is 1. The normalized spacial score (nSPS) is 11.4. The lowest BCUT2D eigenvalue weighted by molar-refractivity contribution is -0.157. The van der Waals surface area contributed by atoms with E-state index >= 15 is 0 Å². The Bertz CT molecular complexity index is 935. The molecule has 9 heteroatoms. The SMILES string of the molecule is Cc1cc(Cl)ccc1OC(C)C(=O)OCC(=O)N(C)CC(=O)Nc1ccccc1Cl. The molecular weight excluding hydrogens is 431 g/mol. The van der Waals surface area contributed by atoms with Crippen molar-refractivity contribution in [3.63, 3.8) is 0 Å². The molecule has 0 saturated carbocycles. The number of nitrogens with one attached hydrogen (secondary N) is 1. The number of ether oxygens (including phenoxy) is 2. The van der Waals surface area contributed by atoms with Crippen molar-refractivity contribution >= 4 is 46.7 Å². The number of hydrogen-bond acceptors (Lipinski definition) is 5. The number of nitrogens with zero attached hydrogens (tertiary/aromatic N) is 1. The highest BCUT2D eigenvalue weighted by Crippen LogP contribution is 2.23. The molecule has 0 fully saturated rings. The molecular formula is C21H22Cl2N2O5. The number of para-hydroxylation sites is 1. The Labute approximate surface area is 184 Å². The van der Waals surface area contributed by atoms with Gasteiger partial charge in [0, 0.05) is 12.1 Å². The van der Waals surface area contributed by atoms with Crippen LogP contribution >= 0.6 is 23.2 Å². The summed E-state index contributed by atoms with van der Waals surface area (Å²) < 4.78 is 10.6. The third-order valence-electron chi connectivity index (χ3n) is 4.07. The van der Waals surface area contributed by atoms with E-state index in [4.69, 9.17) is 32.7 Å². The minimum atomic E-state index is -0.925. The average molecular weight is 453 g/mol. The molecule has 160 valence electrons. The Morgan fingerprint density at radius 3 is 2.50 bits per heavy atom.